The molecule has 0 amide bonds. The van der Waals surface area contributed by atoms with Crippen molar-refractivity contribution in [1.82, 2.24) is 15.0 Å². The second kappa shape index (κ2) is 9.54. The van der Waals surface area contributed by atoms with Crippen LogP contribution in [0.4, 0.5) is 29.2 Å². The minimum Gasteiger partial charge on any atom is -0.454 e. The van der Waals surface area contributed by atoms with Crippen LogP contribution in [0.5, 0.6) is 11.5 Å². The average Bonchev–Trinajstić information content (AvgIpc) is 3.32. The van der Waals surface area contributed by atoms with Gasteiger partial charge in [0, 0.05) is 18.8 Å². The first-order chi connectivity index (χ1) is 16.7. The summed E-state index contributed by atoms with van der Waals surface area (Å²) in [7, 11) is 0. The van der Waals surface area contributed by atoms with Crippen molar-refractivity contribution in [3.8, 4) is 11.5 Å². The molecule has 5 rings (SSSR count). The topological polar surface area (TPSA) is 149 Å². The molecule has 0 saturated carbocycles. The van der Waals surface area contributed by atoms with Gasteiger partial charge >= 0.3 is 0 Å². The molecule has 2 aliphatic rings. The van der Waals surface area contributed by atoms with Crippen molar-refractivity contribution in [3.05, 3.63) is 58.1 Å². The number of hydrazone groups is 1. The number of hydrogen-bond acceptors (Lipinski definition) is 12. The summed E-state index contributed by atoms with van der Waals surface area (Å²) >= 11 is 0. The number of nitro benzene ring substituents is 1. The second-order valence-corrected chi connectivity index (χ2v) is 7.26. The van der Waals surface area contributed by atoms with Crippen LogP contribution in [0.25, 0.3) is 0 Å². The van der Waals surface area contributed by atoms with Crippen LogP contribution in [-0.4, -0.2) is 59.2 Å². The van der Waals surface area contributed by atoms with Crippen molar-refractivity contribution in [1.29, 1.82) is 0 Å². The third-order valence-corrected chi connectivity index (χ3v) is 5.03. The molecular formula is C21H20N8O5. The molecule has 0 unspecified atom stereocenters. The van der Waals surface area contributed by atoms with E-state index in [1.807, 2.05) is 35.2 Å². The first kappa shape index (κ1) is 21.3. The SMILES string of the molecule is O=[N+]([O-])c1cc2c(cc1/C=N\Nc1nc(Nc3ccccc3)nc(N3CCOCC3)n1)OCO2. The summed E-state index contributed by atoms with van der Waals surface area (Å²) in [5.41, 5.74) is 3.64. The number of hydrogen-bond donors (Lipinski definition) is 2. The molecule has 0 spiro atoms. The molecule has 1 aromatic heterocycles. The third-order valence-electron chi connectivity index (χ3n) is 5.03. The van der Waals surface area contributed by atoms with Gasteiger partial charge in [-0.15, -0.1) is 0 Å². The minimum absolute atomic E-state index is 0.0116. The van der Waals surface area contributed by atoms with Crippen LogP contribution in [0.3, 0.4) is 0 Å². The molecule has 174 valence electrons. The lowest BCUT2D eigenvalue weighted by molar-refractivity contribution is -0.385. The molecule has 3 aromatic rings. The first-order valence-corrected chi connectivity index (χ1v) is 10.4. The molecule has 0 radical (unpaired) electrons. The zero-order chi connectivity index (χ0) is 23.3. The van der Waals surface area contributed by atoms with Gasteiger partial charge in [-0.2, -0.15) is 20.1 Å². The van der Waals surface area contributed by atoms with E-state index in [1.165, 1.54) is 18.3 Å². The lowest BCUT2D eigenvalue weighted by atomic mass is 10.1. The van der Waals surface area contributed by atoms with Crippen molar-refractivity contribution in [2.24, 2.45) is 5.10 Å². The van der Waals surface area contributed by atoms with E-state index < -0.39 is 4.92 Å². The Labute approximate surface area is 193 Å². The molecule has 0 aliphatic carbocycles. The Hall–Kier alpha value is -4.52. The first-order valence-electron chi connectivity index (χ1n) is 10.4. The highest BCUT2D eigenvalue weighted by Gasteiger charge is 2.22. The summed E-state index contributed by atoms with van der Waals surface area (Å²) < 4.78 is 15.9. The smallest absolute Gasteiger partial charge is 0.282 e. The van der Waals surface area contributed by atoms with Crippen LogP contribution >= 0.6 is 0 Å². The van der Waals surface area contributed by atoms with Crippen molar-refractivity contribution >= 4 is 35.4 Å². The van der Waals surface area contributed by atoms with Gasteiger partial charge in [-0.1, -0.05) is 18.2 Å². The van der Waals surface area contributed by atoms with Gasteiger partial charge in [0.05, 0.1) is 36.0 Å². The number of nitrogens with zero attached hydrogens (tertiary/aromatic N) is 6. The van der Waals surface area contributed by atoms with Gasteiger partial charge in [-0.05, 0) is 18.2 Å². The predicted octanol–water partition coefficient (Wildman–Crippen LogP) is 2.53. The fourth-order valence-electron chi connectivity index (χ4n) is 3.39. The van der Waals surface area contributed by atoms with Gasteiger partial charge in [0.2, 0.25) is 24.6 Å². The molecular weight excluding hydrogens is 444 g/mol. The Morgan fingerprint density at radius 3 is 2.53 bits per heavy atom. The van der Waals surface area contributed by atoms with Crippen molar-refractivity contribution in [2.45, 2.75) is 0 Å². The molecule has 34 heavy (non-hydrogen) atoms. The van der Waals surface area contributed by atoms with E-state index in [0.29, 0.717) is 49.7 Å². The van der Waals surface area contributed by atoms with E-state index in [0.717, 1.165) is 5.69 Å². The van der Waals surface area contributed by atoms with E-state index in [-0.39, 0.29) is 24.0 Å². The highest BCUT2D eigenvalue weighted by molar-refractivity contribution is 5.87. The molecule has 0 bridgehead atoms. The van der Waals surface area contributed by atoms with Crippen LogP contribution in [-0.2, 0) is 4.74 Å². The normalized spacial score (nSPS) is 14.9. The number of rotatable bonds is 7. The highest BCUT2D eigenvalue weighted by Crippen LogP contribution is 2.37. The molecule has 13 nitrogen and oxygen atoms in total. The molecule has 0 atom stereocenters. The number of aromatic nitrogens is 3. The number of fused-ring (bicyclic) bond motifs is 1. The van der Waals surface area contributed by atoms with Gasteiger partial charge in [0.1, 0.15) is 0 Å². The molecule has 2 aromatic carbocycles. The number of nitrogens with one attached hydrogen (secondary N) is 2. The molecule has 3 heterocycles. The lowest BCUT2D eigenvalue weighted by Gasteiger charge is -2.27. The van der Waals surface area contributed by atoms with Crippen LogP contribution in [0, 0.1) is 10.1 Å². The Morgan fingerprint density at radius 1 is 1.03 bits per heavy atom. The summed E-state index contributed by atoms with van der Waals surface area (Å²) in [5, 5.41) is 18.7. The summed E-state index contributed by atoms with van der Waals surface area (Å²) in [6.07, 6.45) is 1.31. The van der Waals surface area contributed by atoms with Gasteiger partial charge < -0.3 is 24.4 Å². The third kappa shape index (κ3) is 4.78. The van der Waals surface area contributed by atoms with E-state index in [1.54, 1.807) is 0 Å². The van der Waals surface area contributed by atoms with E-state index in [9.17, 15) is 10.1 Å². The number of para-hydroxylation sites is 1. The van der Waals surface area contributed by atoms with Gasteiger partial charge in [-0.25, -0.2) is 5.43 Å². The number of anilines is 4. The van der Waals surface area contributed by atoms with Gasteiger partial charge in [0.15, 0.2) is 11.5 Å². The van der Waals surface area contributed by atoms with Crippen LogP contribution in [0.2, 0.25) is 0 Å². The number of ether oxygens (including phenoxy) is 3. The quantitative estimate of drug-likeness (QED) is 0.302. The Bertz CT molecular complexity index is 1220. The summed E-state index contributed by atoms with van der Waals surface area (Å²) in [4.78, 5) is 26.3. The summed E-state index contributed by atoms with van der Waals surface area (Å²) in [6.45, 7) is 2.43. The van der Waals surface area contributed by atoms with Crippen molar-refractivity contribution in [2.75, 3.05) is 48.7 Å². The predicted molar refractivity (Wildman–Crippen MR) is 123 cm³/mol. The molecule has 1 fully saturated rings. The van der Waals surface area contributed by atoms with Crippen molar-refractivity contribution in [3.63, 3.8) is 0 Å². The number of benzene rings is 2. The van der Waals surface area contributed by atoms with E-state index >= 15 is 0 Å². The fraction of sp³-hybridized carbons (Fsp3) is 0.238. The maximum absolute atomic E-state index is 11.5. The molecule has 2 aliphatic heterocycles. The Kier molecular flexibility index (Phi) is 5.99. The highest BCUT2D eigenvalue weighted by atomic mass is 16.7. The number of nitro groups is 1. The largest absolute Gasteiger partial charge is 0.454 e. The van der Waals surface area contributed by atoms with E-state index in [2.05, 4.69) is 30.8 Å². The standard InChI is InChI=1S/C21H20N8O5/c30-29(31)16-11-18-17(33-13-34-18)10-14(16)12-22-27-20-24-19(23-15-4-2-1-3-5-15)25-21(26-20)28-6-8-32-9-7-28/h1-5,10-12H,6-9,13H2,(H2,23,24,25,26,27)/b22-12-. The fourth-order valence-corrected chi connectivity index (χ4v) is 3.39. The zero-order valence-electron chi connectivity index (χ0n) is 17.9. The lowest BCUT2D eigenvalue weighted by Crippen LogP contribution is -2.37. The Balaban J connectivity index is 1.41. The molecule has 13 heteroatoms. The van der Waals surface area contributed by atoms with Crippen molar-refractivity contribution < 1.29 is 19.1 Å². The average molecular weight is 464 g/mol. The van der Waals surface area contributed by atoms with Gasteiger partial charge in [0.25, 0.3) is 5.69 Å². The number of morpholine rings is 1. The maximum atomic E-state index is 11.5. The summed E-state index contributed by atoms with van der Waals surface area (Å²) in [5.74, 6) is 1.70. The molecule has 2 N–H and O–H groups in total. The Morgan fingerprint density at radius 2 is 1.76 bits per heavy atom. The van der Waals surface area contributed by atoms with Gasteiger partial charge in [-0.3, -0.25) is 10.1 Å². The monoisotopic (exact) mass is 464 g/mol. The molecule has 1 saturated heterocycles. The van der Waals surface area contributed by atoms with Crippen LogP contribution in [0.1, 0.15) is 5.56 Å². The minimum atomic E-state index is -0.509. The van der Waals surface area contributed by atoms with Crippen LogP contribution < -0.4 is 25.1 Å². The van der Waals surface area contributed by atoms with E-state index in [4.69, 9.17) is 14.2 Å². The summed E-state index contributed by atoms with van der Waals surface area (Å²) in [6, 6.07) is 12.3. The zero-order valence-corrected chi connectivity index (χ0v) is 17.9. The maximum Gasteiger partial charge on any atom is 0.282 e. The van der Waals surface area contributed by atoms with Crippen LogP contribution in [0.15, 0.2) is 47.6 Å². The second-order valence-electron chi connectivity index (χ2n) is 7.26.